The van der Waals surface area contributed by atoms with E-state index in [2.05, 4.69) is 22.8 Å². The summed E-state index contributed by atoms with van der Waals surface area (Å²) < 4.78 is 17.8. The Hall–Kier alpha value is -1.36. The van der Waals surface area contributed by atoms with E-state index in [9.17, 15) is 4.39 Å². The maximum absolute atomic E-state index is 12.8. The Morgan fingerprint density at radius 2 is 2.21 bits per heavy atom. The van der Waals surface area contributed by atoms with Crippen molar-refractivity contribution in [3.63, 3.8) is 0 Å². The van der Waals surface area contributed by atoms with E-state index >= 15 is 0 Å². The average molecular weight is 210 g/mol. The maximum Gasteiger partial charge on any atom is 0.168 e. The van der Waals surface area contributed by atoms with Crippen molar-refractivity contribution in [2.24, 2.45) is 0 Å². The van der Waals surface area contributed by atoms with Gasteiger partial charge in [-0.2, -0.15) is 12.6 Å². The summed E-state index contributed by atoms with van der Waals surface area (Å²) in [6.45, 7) is 0. The molecule has 0 amide bonds. The summed E-state index contributed by atoms with van der Waals surface area (Å²) in [5.74, 6) is 0.596. The molecule has 2 aromatic rings. The minimum absolute atomic E-state index is 0.397. The summed E-state index contributed by atoms with van der Waals surface area (Å²) in [7, 11) is 0. The van der Waals surface area contributed by atoms with E-state index < -0.39 is 5.82 Å². The molecule has 0 fully saturated rings. The van der Waals surface area contributed by atoms with E-state index in [0.29, 0.717) is 22.8 Å². The molecule has 0 aromatic carbocycles. The Balaban J connectivity index is 2.39. The fourth-order valence-electron chi connectivity index (χ4n) is 1.07. The van der Waals surface area contributed by atoms with E-state index in [1.54, 1.807) is 6.07 Å². The third-order valence-electron chi connectivity index (χ3n) is 1.71. The SMILES string of the molecule is Fc1cncc(-c2cc(CS)no2)c1. The topological polar surface area (TPSA) is 38.9 Å². The summed E-state index contributed by atoms with van der Waals surface area (Å²) in [5, 5.41) is 3.74. The van der Waals surface area contributed by atoms with Crippen LogP contribution in [0.25, 0.3) is 11.3 Å². The van der Waals surface area contributed by atoms with Crippen molar-refractivity contribution in [3.05, 3.63) is 36.0 Å². The highest BCUT2D eigenvalue weighted by atomic mass is 32.1. The van der Waals surface area contributed by atoms with Gasteiger partial charge in [0.15, 0.2) is 5.76 Å². The van der Waals surface area contributed by atoms with Crippen molar-refractivity contribution in [1.82, 2.24) is 10.1 Å². The van der Waals surface area contributed by atoms with Crippen LogP contribution in [0, 0.1) is 5.82 Å². The van der Waals surface area contributed by atoms with Crippen LogP contribution in [-0.4, -0.2) is 10.1 Å². The summed E-state index contributed by atoms with van der Waals surface area (Å²) in [6, 6.07) is 3.05. The Morgan fingerprint density at radius 3 is 2.86 bits per heavy atom. The van der Waals surface area contributed by atoms with Gasteiger partial charge < -0.3 is 4.52 Å². The Morgan fingerprint density at radius 1 is 1.36 bits per heavy atom. The van der Waals surface area contributed by atoms with Crippen LogP contribution in [0.3, 0.4) is 0 Å². The molecule has 0 bridgehead atoms. The molecule has 2 aromatic heterocycles. The van der Waals surface area contributed by atoms with Gasteiger partial charge in [0.05, 0.1) is 11.9 Å². The van der Waals surface area contributed by atoms with Crippen LogP contribution < -0.4 is 0 Å². The lowest BCUT2D eigenvalue weighted by Gasteiger charge is -1.92. The molecular weight excluding hydrogens is 203 g/mol. The van der Waals surface area contributed by atoms with Crippen LogP contribution in [0.15, 0.2) is 29.0 Å². The first-order valence-electron chi connectivity index (χ1n) is 3.97. The fourth-order valence-corrected chi connectivity index (χ4v) is 1.22. The van der Waals surface area contributed by atoms with Crippen molar-refractivity contribution in [1.29, 1.82) is 0 Å². The van der Waals surface area contributed by atoms with Crippen molar-refractivity contribution in [2.75, 3.05) is 0 Å². The van der Waals surface area contributed by atoms with Crippen molar-refractivity contribution >= 4 is 12.6 Å². The second-order valence-corrected chi connectivity index (χ2v) is 3.05. The van der Waals surface area contributed by atoms with Crippen LogP contribution in [0.2, 0.25) is 0 Å². The summed E-state index contributed by atoms with van der Waals surface area (Å²) in [6.07, 6.45) is 2.66. The van der Waals surface area contributed by atoms with E-state index in [4.69, 9.17) is 4.52 Å². The zero-order valence-corrected chi connectivity index (χ0v) is 8.04. The van der Waals surface area contributed by atoms with Gasteiger partial charge in [-0.3, -0.25) is 4.98 Å². The van der Waals surface area contributed by atoms with Gasteiger partial charge in [0.1, 0.15) is 5.82 Å². The van der Waals surface area contributed by atoms with E-state index in [0.717, 1.165) is 6.20 Å². The Bertz CT molecular complexity index is 444. The summed E-state index contributed by atoms with van der Waals surface area (Å²) in [5.41, 5.74) is 1.29. The monoisotopic (exact) mass is 210 g/mol. The molecule has 0 atom stereocenters. The second kappa shape index (κ2) is 3.79. The van der Waals surface area contributed by atoms with Gasteiger partial charge in [-0.25, -0.2) is 4.39 Å². The van der Waals surface area contributed by atoms with Crippen LogP contribution in [-0.2, 0) is 5.75 Å². The quantitative estimate of drug-likeness (QED) is 0.773. The zero-order chi connectivity index (χ0) is 9.97. The van der Waals surface area contributed by atoms with Gasteiger partial charge in [-0.15, -0.1) is 0 Å². The third kappa shape index (κ3) is 1.77. The standard InChI is InChI=1S/C9H7FN2OS/c10-7-1-6(3-11-4-7)9-2-8(5-14)12-13-9/h1-4,14H,5H2. The zero-order valence-electron chi connectivity index (χ0n) is 7.14. The molecule has 0 aliphatic rings. The molecule has 72 valence electrons. The van der Waals surface area contributed by atoms with Gasteiger partial charge >= 0.3 is 0 Å². The molecule has 0 aliphatic heterocycles. The highest BCUT2D eigenvalue weighted by molar-refractivity contribution is 7.79. The first kappa shape index (κ1) is 9.21. The molecule has 14 heavy (non-hydrogen) atoms. The molecule has 5 heteroatoms. The number of pyridine rings is 1. The lowest BCUT2D eigenvalue weighted by molar-refractivity contribution is 0.426. The molecule has 2 heterocycles. The first-order valence-corrected chi connectivity index (χ1v) is 4.60. The molecule has 2 rings (SSSR count). The van der Waals surface area contributed by atoms with Crippen LogP contribution in [0.5, 0.6) is 0 Å². The second-order valence-electron chi connectivity index (χ2n) is 2.73. The fraction of sp³-hybridized carbons (Fsp3) is 0.111. The molecule has 0 spiro atoms. The van der Waals surface area contributed by atoms with Crippen LogP contribution in [0.1, 0.15) is 5.69 Å². The smallest absolute Gasteiger partial charge is 0.168 e. The van der Waals surface area contributed by atoms with E-state index in [1.165, 1.54) is 12.3 Å². The molecule has 3 nitrogen and oxygen atoms in total. The minimum Gasteiger partial charge on any atom is -0.356 e. The molecule has 0 radical (unpaired) electrons. The van der Waals surface area contributed by atoms with Gasteiger partial charge in [0.25, 0.3) is 0 Å². The lowest BCUT2D eigenvalue weighted by atomic mass is 10.2. The van der Waals surface area contributed by atoms with E-state index in [-0.39, 0.29) is 0 Å². The van der Waals surface area contributed by atoms with Crippen LogP contribution in [0.4, 0.5) is 4.39 Å². The first-order chi connectivity index (χ1) is 6.79. The van der Waals surface area contributed by atoms with Gasteiger partial charge in [0.2, 0.25) is 0 Å². The highest BCUT2D eigenvalue weighted by Gasteiger charge is 2.06. The van der Waals surface area contributed by atoms with Gasteiger partial charge in [0, 0.05) is 23.6 Å². The van der Waals surface area contributed by atoms with Gasteiger partial charge in [-0.05, 0) is 6.07 Å². The van der Waals surface area contributed by atoms with Crippen LogP contribution >= 0.6 is 12.6 Å². The molecule has 0 saturated carbocycles. The number of thiol groups is 1. The number of aromatic nitrogens is 2. The maximum atomic E-state index is 12.8. The number of rotatable bonds is 2. The molecule has 0 saturated heterocycles. The largest absolute Gasteiger partial charge is 0.356 e. The number of halogens is 1. The average Bonchev–Trinajstić information content (AvgIpc) is 2.66. The lowest BCUT2D eigenvalue weighted by Crippen LogP contribution is -1.80. The minimum atomic E-state index is -0.397. The number of nitrogens with zero attached hydrogens (tertiary/aromatic N) is 2. The molecule has 0 aliphatic carbocycles. The molecular formula is C9H7FN2OS. The number of hydrogen-bond acceptors (Lipinski definition) is 4. The predicted molar refractivity (Wildman–Crippen MR) is 52.4 cm³/mol. The van der Waals surface area contributed by atoms with Crippen molar-refractivity contribution in [3.8, 4) is 11.3 Å². The summed E-state index contributed by atoms with van der Waals surface area (Å²) >= 11 is 4.04. The summed E-state index contributed by atoms with van der Waals surface area (Å²) in [4.78, 5) is 3.71. The highest BCUT2D eigenvalue weighted by Crippen LogP contribution is 2.20. The van der Waals surface area contributed by atoms with E-state index in [1.807, 2.05) is 0 Å². The normalized spacial score (nSPS) is 10.4. The Labute approximate surface area is 85.4 Å². The van der Waals surface area contributed by atoms with Crippen molar-refractivity contribution < 1.29 is 8.91 Å². The van der Waals surface area contributed by atoms with Crippen molar-refractivity contribution in [2.45, 2.75) is 5.75 Å². The van der Waals surface area contributed by atoms with Gasteiger partial charge in [-0.1, -0.05) is 5.16 Å². The molecule has 0 unspecified atom stereocenters. The third-order valence-corrected chi connectivity index (χ3v) is 2.03. The number of hydrogen-bond donors (Lipinski definition) is 1. The Kier molecular flexibility index (Phi) is 2.49. The molecule has 0 N–H and O–H groups in total. The predicted octanol–water partition coefficient (Wildman–Crippen LogP) is 2.31.